The number of alkyl halides is 4. The quantitative estimate of drug-likeness (QED) is 0.515. The molecule has 3 aromatic rings. The van der Waals surface area contributed by atoms with E-state index >= 15 is 0 Å². The number of benzene rings is 1. The van der Waals surface area contributed by atoms with Crippen LogP contribution in [0, 0.1) is 32.1 Å². The predicted octanol–water partition coefficient (Wildman–Crippen LogP) is 3.97. The molecule has 0 aliphatic carbocycles. The van der Waals surface area contributed by atoms with E-state index in [2.05, 4.69) is 15.0 Å². The maximum Gasteiger partial charge on any atom is 0.352 e. The highest BCUT2D eigenvalue weighted by Gasteiger charge is 2.48. The first-order valence-electron chi connectivity index (χ1n) is 9.57. The van der Waals surface area contributed by atoms with Gasteiger partial charge in [-0.2, -0.15) is 14.0 Å². The first-order valence-corrected chi connectivity index (χ1v) is 9.95. The molecule has 0 aliphatic heterocycles. The van der Waals surface area contributed by atoms with Gasteiger partial charge in [-0.05, 0) is 38.5 Å². The summed E-state index contributed by atoms with van der Waals surface area (Å²) in [7, 11) is 0. The van der Waals surface area contributed by atoms with Crippen molar-refractivity contribution in [2.45, 2.75) is 39.7 Å². The summed E-state index contributed by atoms with van der Waals surface area (Å²) < 4.78 is 60.9. The maximum atomic E-state index is 14.3. The Morgan fingerprint density at radius 3 is 2.47 bits per heavy atom. The molecule has 3 rings (SSSR count). The number of H-pyrrole nitrogens is 1. The molecule has 0 spiro atoms. The Kier molecular flexibility index (Phi) is 6.79. The molecule has 2 aromatic heterocycles. The van der Waals surface area contributed by atoms with Gasteiger partial charge in [0.25, 0.3) is 11.1 Å². The number of nitrogens with zero attached hydrogens (tertiary/aromatic N) is 4. The first-order chi connectivity index (χ1) is 15.9. The third-order valence-corrected chi connectivity index (χ3v) is 5.10. The molecule has 8 nitrogen and oxygen atoms in total. The molecular weight excluding hydrogens is 482 g/mol. The van der Waals surface area contributed by atoms with Crippen LogP contribution in [0.25, 0.3) is 0 Å². The van der Waals surface area contributed by atoms with Crippen LogP contribution in [0.4, 0.5) is 17.6 Å². The van der Waals surface area contributed by atoms with Crippen LogP contribution in [0.15, 0.2) is 28.0 Å². The average molecular weight is 498 g/mol. The highest BCUT2D eigenvalue weighted by atomic mass is 35.5. The standard InChI is InChI=1S/C21H16ClF4N5O3/c1-9-4-12(6-27)5-14(22)15(9)34-16-17(21(25,26)20(23)24)28-8-31(19(16)33)7-13-10(2)29-11(3)30-18(13)32/h4-5,8,20H,7H2,1-3H3,(H,29,30,32). The van der Waals surface area contributed by atoms with Crippen molar-refractivity contribution in [3.63, 3.8) is 0 Å². The molecule has 1 N–H and O–H groups in total. The second-order valence-electron chi connectivity index (χ2n) is 7.31. The monoisotopic (exact) mass is 497 g/mol. The van der Waals surface area contributed by atoms with Crippen molar-refractivity contribution in [3.8, 4) is 17.6 Å². The van der Waals surface area contributed by atoms with Crippen LogP contribution in [0.1, 0.15) is 33.9 Å². The van der Waals surface area contributed by atoms with Gasteiger partial charge < -0.3 is 9.72 Å². The SMILES string of the molecule is Cc1nc(C)c(Cn2cnc(C(F)(F)C(F)F)c(Oc3c(C)cc(C#N)cc3Cl)c2=O)c(=O)[nH]1. The number of rotatable bonds is 6. The third-order valence-electron chi connectivity index (χ3n) is 4.82. The van der Waals surface area contributed by atoms with Crippen LogP contribution in [0.3, 0.4) is 0 Å². The van der Waals surface area contributed by atoms with Gasteiger partial charge in [0.1, 0.15) is 11.6 Å². The average Bonchev–Trinajstić information content (AvgIpc) is 2.74. The number of nitrogens with one attached hydrogen (secondary N) is 1. The van der Waals surface area contributed by atoms with E-state index in [0.717, 1.165) is 10.6 Å². The van der Waals surface area contributed by atoms with Gasteiger partial charge in [-0.25, -0.2) is 18.7 Å². The summed E-state index contributed by atoms with van der Waals surface area (Å²) in [5.41, 5.74) is -2.84. The molecule has 0 fully saturated rings. The fraction of sp³-hybridized carbons (Fsp3) is 0.286. The molecule has 0 bridgehead atoms. The molecule has 0 amide bonds. The van der Waals surface area contributed by atoms with Gasteiger partial charge in [0.2, 0.25) is 5.75 Å². The fourth-order valence-corrected chi connectivity index (χ4v) is 3.46. The molecule has 0 atom stereocenters. The van der Waals surface area contributed by atoms with Crippen LogP contribution < -0.4 is 15.9 Å². The Bertz CT molecular complexity index is 1410. The zero-order valence-corrected chi connectivity index (χ0v) is 18.7. The van der Waals surface area contributed by atoms with Crippen molar-refractivity contribution in [3.05, 3.63) is 78.1 Å². The predicted molar refractivity (Wildman–Crippen MR) is 113 cm³/mol. The zero-order chi connectivity index (χ0) is 25.4. The van der Waals surface area contributed by atoms with E-state index in [4.69, 9.17) is 21.6 Å². The third kappa shape index (κ3) is 4.65. The minimum absolute atomic E-state index is 0.0291. The number of aromatic amines is 1. The molecule has 0 saturated carbocycles. The summed E-state index contributed by atoms with van der Waals surface area (Å²) in [5, 5.41) is 8.82. The summed E-state index contributed by atoms with van der Waals surface area (Å²) >= 11 is 6.08. The van der Waals surface area contributed by atoms with E-state index in [1.165, 1.54) is 19.9 Å². The Morgan fingerprint density at radius 2 is 1.91 bits per heavy atom. The highest BCUT2D eigenvalue weighted by molar-refractivity contribution is 6.32. The molecule has 1 aromatic carbocycles. The molecular formula is C21H16ClF4N5O3. The number of ether oxygens (including phenoxy) is 1. The Balaban J connectivity index is 2.22. The summed E-state index contributed by atoms with van der Waals surface area (Å²) in [4.78, 5) is 35.3. The number of hydrogen-bond donors (Lipinski definition) is 1. The second-order valence-corrected chi connectivity index (χ2v) is 7.72. The maximum absolute atomic E-state index is 14.3. The summed E-state index contributed by atoms with van der Waals surface area (Å²) in [6.07, 6.45) is -3.58. The topological polar surface area (TPSA) is 114 Å². The van der Waals surface area contributed by atoms with Crippen LogP contribution in [-0.4, -0.2) is 25.9 Å². The summed E-state index contributed by atoms with van der Waals surface area (Å²) in [5.74, 6) is -6.01. The molecule has 0 saturated heterocycles. The van der Waals surface area contributed by atoms with E-state index < -0.39 is 41.5 Å². The molecule has 0 radical (unpaired) electrons. The minimum atomic E-state index is -4.83. The normalized spacial score (nSPS) is 11.5. The highest BCUT2D eigenvalue weighted by Crippen LogP contribution is 2.40. The lowest BCUT2D eigenvalue weighted by molar-refractivity contribution is -0.139. The fourth-order valence-electron chi connectivity index (χ4n) is 3.15. The van der Waals surface area contributed by atoms with Gasteiger partial charge in [-0.3, -0.25) is 14.2 Å². The van der Waals surface area contributed by atoms with Crippen LogP contribution in [-0.2, 0) is 12.5 Å². The largest absolute Gasteiger partial charge is 0.447 e. The van der Waals surface area contributed by atoms with Gasteiger partial charge in [-0.15, -0.1) is 0 Å². The van der Waals surface area contributed by atoms with E-state index in [1.807, 2.05) is 6.07 Å². The lowest BCUT2D eigenvalue weighted by Crippen LogP contribution is -2.33. The van der Waals surface area contributed by atoms with E-state index in [0.29, 0.717) is 12.2 Å². The van der Waals surface area contributed by atoms with Gasteiger partial charge in [-0.1, -0.05) is 11.6 Å². The number of hydrogen-bond acceptors (Lipinski definition) is 6. The first kappa shape index (κ1) is 24.9. The van der Waals surface area contributed by atoms with E-state index in [9.17, 15) is 27.2 Å². The van der Waals surface area contributed by atoms with Gasteiger partial charge >= 0.3 is 12.3 Å². The molecule has 0 aliphatic rings. The van der Waals surface area contributed by atoms with Crippen LogP contribution in [0.5, 0.6) is 11.5 Å². The van der Waals surface area contributed by atoms with Crippen molar-refractivity contribution in [1.82, 2.24) is 19.5 Å². The number of nitriles is 1. The second kappa shape index (κ2) is 9.26. The lowest BCUT2D eigenvalue weighted by Gasteiger charge is -2.20. The Hall–Kier alpha value is -3.72. The lowest BCUT2D eigenvalue weighted by atomic mass is 10.1. The van der Waals surface area contributed by atoms with Gasteiger partial charge in [0.15, 0.2) is 5.69 Å². The van der Waals surface area contributed by atoms with Crippen molar-refractivity contribution in [1.29, 1.82) is 5.26 Å². The van der Waals surface area contributed by atoms with Crippen molar-refractivity contribution >= 4 is 11.6 Å². The van der Waals surface area contributed by atoms with E-state index in [1.54, 1.807) is 6.92 Å². The molecule has 0 unspecified atom stereocenters. The molecule has 13 heteroatoms. The zero-order valence-electron chi connectivity index (χ0n) is 17.9. The smallest absolute Gasteiger partial charge is 0.352 e. The Morgan fingerprint density at radius 1 is 1.24 bits per heavy atom. The number of halogens is 5. The van der Waals surface area contributed by atoms with Crippen molar-refractivity contribution < 1.29 is 22.3 Å². The Labute approximate surface area is 194 Å². The molecule has 178 valence electrons. The minimum Gasteiger partial charge on any atom is -0.447 e. The summed E-state index contributed by atoms with van der Waals surface area (Å²) in [6, 6.07) is 4.30. The number of aryl methyl sites for hydroxylation is 3. The van der Waals surface area contributed by atoms with Crippen LogP contribution in [0.2, 0.25) is 5.02 Å². The van der Waals surface area contributed by atoms with Crippen molar-refractivity contribution in [2.24, 2.45) is 0 Å². The number of aromatic nitrogens is 4. The van der Waals surface area contributed by atoms with Gasteiger partial charge in [0.05, 0.1) is 35.1 Å². The molecule has 2 heterocycles. The molecule has 34 heavy (non-hydrogen) atoms. The summed E-state index contributed by atoms with van der Waals surface area (Å²) in [6.45, 7) is 4.02. The van der Waals surface area contributed by atoms with Gasteiger partial charge in [0, 0.05) is 5.69 Å². The van der Waals surface area contributed by atoms with Crippen LogP contribution >= 0.6 is 11.6 Å². The van der Waals surface area contributed by atoms with E-state index in [-0.39, 0.29) is 33.2 Å². The van der Waals surface area contributed by atoms with Crippen molar-refractivity contribution in [2.75, 3.05) is 0 Å².